The molecule has 6 heavy (non-hydrogen) atoms. The molecule has 0 saturated heterocycles. The molecule has 0 heterocycles. The van der Waals surface area contributed by atoms with Gasteiger partial charge in [-0.3, -0.25) is 0 Å². The fraction of sp³-hybridized carbons (Fsp3) is 0.600. The standard InChI is InChI=1S/C3H5.2CH3.Al/c1-3-2;;;/h1,3H,2H3;2*1H3;. The lowest BCUT2D eigenvalue weighted by atomic mass is 10.8. The van der Waals surface area contributed by atoms with Crippen molar-refractivity contribution in [3.8, 4) is 0 Å². The third kappa shape index (κ3) is 4.27. The Balaban J connectivity index is 3.03. The van der Waals surface area contributed by atoms with E-state index in [2.05, 4.69) is 29.5 Å². The minimum absolute atomic E-state index is 0.351. The van der Waals surface area contributed by atoms with E-state index in [1.165, 1.54) is 0 Å². The van der Waals surface area contributed by atoms with E-state index in [9.17, 15) is 0 Å². The number of allylic oxidation sites excluding steroid dienone is 1. The molecule has 0 atom stereocenters. The second-order valence-electron chi connectivity index (χ2n) is 1.77. The highest BCUT2D eigenvalue weighted by Crippen LogP contribution is 1.78. The Morgan fingerprint density at radius 2 is 1.83 bits per heavy atom. The molecule has 0 aromatic carbocycles. The zero-order valence-electron chi connectivity index (χ0n) is 4.73. The lowest BCUT2D eigenvalue weighted by Crippen LogP contribution is -1.90. The molecule has 0 radical (unpaired) electrons. The molecule has 0 bridgehead atoms. The highest BCUT2D eigenvalue weighted by molar-refractivity contribution is 6.61. The Morgan fingerprint density at radius 1 is 1.33 bits per heavy atom. The predicted octanol–water partition coefficient (Wildman–Crippen LogP) is 1.86. The van der Waals surface area contributed by atoms with Gasteiger partial charge < -0.3 is 0 Å². The summed E-state index contributed by atoms with van der Waals surface area (Å²) in [6, 6.07) is 0. The third-order valence-electron chi connectivity index (χ3n) is 0.577. The maximum absolute atomic E-state index is 2.31. The Hall–Kier alpha value is 0.272. The molecule has 0 N–H and O–H groups in total. The quantitative estimate of drug-likeness (QED) is 0.439. The van der Waals surface area contributed by atoms with Gasteiger partial charge in [0.05, 0.1) is 0 Å². The molecule has 0 spiro atoms. The Bertz CT molecular complexity index is 45.9. The van der Waals surface area contributed by atoms with E-state index < -0.39 is 0 Å². The highest BCUT2D eigenvalue weighted by Gasteiger charge is 1.89. The van der Waals surface area contributed by atoms with Crippen molar-refractivity contribution in [1.29, 1.82) is 0 Å². The van der Waals surface area contributed by atoms with E-state index in [1.807, 2.05) is 0 Å². The second-order valence-corrected chi connectivity index (χ2v) is 4.64. The van der Waals surface area contributed by atoms with E-state index in [0.29, 0.717) is 0 Å². The lowest BCUT2D eigenvalue weighted by molar-refractivity contribution is 1.76. The minimum atomic E-state index is -0.351. The molecule has 0 fully saturated rings. The molecule has 0 unspecified atom stereocenters. The zero-order valence-corrected chi connectivity index (χ0v) is 5.89. The number of rotatable bonds is 1. The molecule has 0 aliphatic heterocycles. The molecule has 0 aromatic rings. The van der Waals surface area contributed by atoms with Crippen LogP contribution in [0.2, 0.25) is 11.6 Å². The molecule has 0 nitrogen and oxygen atoms in total. The summed E-state index contributed by atoms with van der Waals surface area (Å²) < 4.78 is 0. The van der Waals surface area contributed by atoms with Crippen molar-refractivity contribution in [1.82, 2.24) is 0 Å². The second kappa shape index (κ2) is 3.46. The zero-order chi connectivity index (χ0) is 4.99. The van der Waals surface area contributed by atoms with Gasteiger partial charge in [-0.25, -0.2) is 0 Å². The van der Waals surface area contributed by atoms with Crippen molar-refractivity contribution in [2.45, 2.75) is 18.5 Å². The summed E-state index contributed by atoms with van der Waals surface area (Å²) in [6.45, 7) is 2.08. The van der Waals surface area contributed by atoms with E-state index in [0.717, 1.165) is 0 Å². The van der Waals surface area contributed by atoms with Crippen LogP contribution in [0.15, 0.2) is 11.0 Å². The van der Waals surface area contributed by atoms with Crippen LogP contribution in [0.25, 0.3) is 0 Å². The average molecular weight is 98.1 g/mol. The summed E-state index contributed by atoms with van der Waals surface area (Å²) in [5.41, 5.74) is 0. The van der Waals surface area contributed by atoms with Gasteiger partial charge in [0.25, 0.3) is 14.1 Å². The summed E-state index contributed by atoms with van der Waals surface area (Å²) >= 11 is -0.351. The maximum Gasteiger partial charge on any atom is 0.287 e. The van der Waals surface area contributed by atoms with Crippen LogP contribution in [0.1, 0.15) is 6.92 Å². The van der Waals surface area contributed by atoms with Crippen LogP contribution in [0.5, 0.6) is 0 Å². The van der Waals surface area contributed by atoms with E-state index in [1.54, 1.807) is 0 Å². The van der Waals surface area contributed by atoms with Crippen molar-refractivity contribution >= 4 is 14.1 Å². The van der Waals surface area contributed by atoms with Crippen LogP contribution in [0.4, 0.5) is 0 Å². The average Bonchev–Trinajstić information content (AvgIpc) is 1.35. The smallest absolute Gasteiger partial charge is 0.149 e. The third-order valence-corrected chi connectivity index (χ3v) is 1.73. The fourth-order valence-electron chi connectivity index (χ4n) is 0.385. The van der Waals surface area contributed by atoms with Gasteiger partial charge in [-0.1, -0.05) is 0 Å². The van der Waals surface area contributed by atoms with Crippen LogP contribution < -0.4 is 0 Å². The predicted molar refractivity (Wildman–Crippen MR) is 32.3 cm³/mol. The van der Waals surface area contributed by atoms with Gasteiger partial charge in [-0.2, -0.15) is 0 Å². The Labute approximate surface area is 44.3 Å². The molecular weight excluding hydrogens is 87.0 g/mol. The molecular formula is C5H11Al. The van der Waals surface area contributed by atoms with Gasteiger partial charge in [-0.15, -0.1) is 22.6 Å². The first-order valence-electron chi connectivity index (χ1n) is 2.40. The monoisotopic (exact) mass is 98.1 g/mol. The van der Waals surface area contributed by atoms with Crippen molar-refractivity contribution in [2.24, 2.45) is 0 Å². The first-order valence-corrected chi connectivity index (χ1v) is 5.37. The van der Waals surface area contributed by atoms with Crippen molar-refractivity contribution in [2.75, 3.05) is 0 Å². The summed E-state index contributed by atoms with van der Waals surface area (Å²) in [7, 11) is 0. The van der Waals surface area contributed by atoms with Gasteiger partial charge in [0.15, 0.2) is 0 Å². The van der Waals surface area contributed by atoms with Crippen molar-refractivity contribution in [3.63, 3.8) is 0 Å². The van der Waals surface area contributed by atoms with E-state index in [4.69, 9.17) is 0 Å². The van der Waals surface area contributed by atoms with Crippen LogP contribution in [-0.4, -0.2) is 14.1 Å². The first-order chi connectivity index (χ1) is 2.77. The largest absolute Gasteiger partial charge is 0.287 e. The van der Waals surface area contributed by atoms with E-state index in [-0.39, 0.29) is 14.1 Å². The lowest BCUT2D eigenvalue weighted by Gasteiger charge is -1.77. The summed E-state index contributed by atoms with van der Waals surface area (Å²) in [5.74, 6) is 4.61. The molecule has 1 heteroatoms. The van der Waals surface area contributed by atoms with Crippen LogP contribution in [0, 0.1) is 0 Å². The first kappa shape index (κ1) is 6.27. The molecule has 0 rings (SSSR count). The summed E-state index contributed by atoms with van der Waals surface area (Å²) in [6.07, 6.45) is 2.14. The summed E-state index contributed by atoms with van der Waals surface area (Å²) in [5, 5.41) is 0. The van der Waals surface area contributed by atoms with E-state index >= 15 is 0 Å². The topological polar surface area (TPSA) is 0 Å². The van der Waals surface area contributed by atoms with Crippen LogP contribution >= 0.6 is 0 Å². The van der Waals surface area contributed by atoms with Gasteiger partial charge in [0.2, 0.25) is 0 Å². The molecule has 0 aliphatic rings. The van der Waals surface area contributed by atoms with Gasteiger partial charge >= 0.3 is 0 Å². The van der Waals surface area contributed by atoms with Gasteiger partial charge in [0.1, 0.15) is 0 Å². The minimum Gasteiger partial charge on any atom is -0.149 e. The molecule has 0 aromatic heterocycles. The van der Waals surface area contributed by atoms with Gasteiger partial charge in [-0.05, 0) is 6.92 Å². The number of hydrogen-bond donors (Lipinski definition) is 0. The Kier molecular flexibility index (Phi) is 3.62. The fourth-order valence-corrected chi connectivity index (χ4v) is 1.15. The molecule has 34 valence electrons. The Morgan fingerprint density at radius 3 is 1.83 bits per heavy atom. The normalized spacial score (nSPS) is 9.83. The van der Waals surface area contributed by atoms with Crippen molar-refractivity contribution in [3.05, 3.63) is 11.0 Å². The SMILES string of the molecule is CC=[CH][Al]([CH3])[CH3]. The molecule has 0 amide bonds. The van der Waals surface area contributed by atoms with Crippen LogP contribution in [0.3, 0.4) is 0 Å². The maximum atomic E-state index is 2.31. The van der Waals surface area contributed by atoms with Gasteiger partial charge in [0, 0.05) is 0 Å². The number of hydrogen-bond acceptors (Lipinski definition) is 0. The molecule has 0 aliphatic carbocycles. The van der Waals surface area contributed by atoms with Crippen molar-refractivity contribution < 1.29 is 0 Å². The highest BCUT2D eigenvalue weighted by atomic mass is 27.2. The summed E-state index contributed by atoms with van der Waals surface area (Å²) in [4.78, 5) is 2.31. The van der Waals surface area contributed by atoms with Crippen LogP contribution in [-0.2, 0) is 0 Å². The molecule has 0 saturated carbocycles.